The van der Waals surface area contributed by atoms with Crippen LogP contribution in [0.25, 0.3) is 22.2 Å². The van der Waals surface area contributed by atoms with E-state index in [9.17, 15) is 26.3 Å². The van der Waals surface area contributed by atoms with E-state index in [0.29, 0.717) is 11.8 Å². The van der Waals surface area contributed by atoms with Crippen molar-refractivity contribution in [3.05, 3.63) is 47.5 Å². The molecule has 2 aromatic carbocycles. The van der Waals surface area contributed by atoms with Gasteiger partial charge in [-0.2, -0.15) is 26.3 Å². The molecule has 288 valence electrons. The molecule has 3 heterocycles. The van der Waals surface area contributed by atoms with Crippen LogP contribution in [0.3, 0.4) is 0 Å². The first kappa shape index (κ1) is 40.8. The second kappa shape index (κ2) is 17.2. The molecule has 0 amide bonds. The number of halogens is 6. The van der Waals surface area contributed by atoms with E-state index in [4.69, 9.17) is 29.3 Å². The number of likely N-dealkylation sites (tertiary alicyclic amines) is 2. The van der Waals surface area contributed by atoms with Gasteiger partial charge in [0.05, 0.1) is 19.9 Å². The Labute approximate surface area is 298 Å². The highest BCUT2D eigenvalue weighted by atomic mass is 19.4. The Balaban J connectivity index is 0.000000367. The summed E-state index contributed by atoms with van der Waals surface area (Å²) >= 11 is 0. The predicted molar refractivity (Wildman–Crippen MR) is 184 cm³/mol. The zero-order valence-electron chi connectivity index (χ0n) is 29.7. The maximum absolute atomic E-state index is 10.6. The highest BCUT2D eigenvalue weighted by molar-refractivity contribution is 5.92. The van der Waals surface area contributed by atoms with Gasteiger partial charge in [0.25, 0.3) is 0 Å². The zero-order chi connectivity index (χ0) is 38.4. The highest BCUT2D eigenvalue weighted by Crippen LogP contribution is 2.41. The Kier molecular flexibility index (Phi) is 13.5. The normalized spacial score (nSPS) is 18.0. The van der Waals surface area contributed by atoms with Crippen molar-refractivity contribution in [3.8, 4) is 22.8 Å². The van der Waals surface area contributed by atoms with Crippen LogP contribution in [-0.4, -0.2) is 102 Å². The van der Waals surface area contributed by atoms with Crippen LogP contribution in [0.4, 0.5) is 26.3 Å². The lowest BCUT2D eigenvalue weighted by Gasteiger charge is -2.42. The SMILES string of the molecule is COc1ccc(-c2[nH]c3ccc(C4CCN(C5CCN(CC6CC6)CC5)CC4)cc3c2C(C)C)cc1OC.O=C(O)C(F)(F)F.O=C(O)C(F)(F)F. The lowest BCUT2D eigenvalue weighted by molar-refractivity contribution is -0.193. The summed E-state index contributed by atoms with van der Waals surface area (Å²) in [6.07, 6.45) is -1.95. The summed E-state index contributed by atoms with van der Waals surface area (Å²) in [4.78, 5) is 27.1. The van der Waals surface area contributed by atoms with Gasteiger partial charge in [-0.3, -0.25) is 0 Å². The molecule has 3 aromatic rings. The van der Waals surface area contributed by atoms with E-state index in [2.05, 4.69) is 59.0 Å². The number of aliphatic carboxylic acids is 2. The summed E-state index contributed by atoms with van der Waals surface area (Å²) in [5.41, 5.74) is 6.45. The smallest absolute Gasteiger partial charge is 0.490 e. The van der Waals surface area contributed by atoms with E-state index < -0.39 is 24.3 Å². The first-order valence-corrected chi connectivity index (χ1v) is 17.4. The lowest BCUT2D eigenvalue weighted by Crippen LogP contribution is -2.47. The van der Waals surface area contributed by atoms with Crippen molar-refractivity contribution >= 4 is 22.8 Å². The summed E-state index contributed by atoms with van der Waals surface area (Å²) in [6, 6.07) is 14.2. The molecule has 2 saturated heterocycles. The van der Waals surface area contributed by atoms with Crippen LogP contribution >= 0.6 is 0 Å². The molecule has 0 unspecified atom stereocenters. The van der Waals surface area contributed by atoms with Gasteiger partial charge < -0.3 is 34.5 Å². The van der Waals surface area contributed by atoms with E-state index in [-0.39, 0.29) is 0 Å². The molecule has 2 aliphatic heterocycles. The molecule has 15 heteroatoms. The Morgan fingerprint density at radius 2 is 1.37 bits per heavy atom. The maximum atomic E-state index is 10.6. The average molecular weight is 744 g/mol. The molecule has 1 aromatic heterocycles. The molecule has 6 rings (SSSR count). The second-order valence-corrected chi connectivity index (χ2v) is 13.8. The number of alkyl halides is 6. The molecule has 0 radical (unpaired) electrons. The van der Waals surface area contributed by atoms with Crippen molar-refractivity contribution in [2.75, 3.05) is 46.9 Å². The number of aromatic nitrogens is 1. The third-order valence-electron chi connectivity index (χ3n) is 9.89. The number of ether oxygens (including phenoxy) is 2. The lowest BCUT2D eigenvalue weighted by atomic mass is 9.86. The maximum Gasteiger partial charge on any atom is 0.490 e. The Morgan fingerprint density at radius 3 is 1.85 bits per heavy atom. The largest absolute Gasteiger partial charge is 0.493 e. The van der Waals surface area contributed by atoms with E-state index >= 15 is 0 Å². The molecule has 52 heavy (non-hydrogen) atoms. The molecule has 1 saturated carbocycles. The number of hydrogen-bond acceptors (Lipinski definition) is 6. The van der Waals surface area contributed by atoms with Crippen LogP contribution in [0.5, 0.6) is 11.5 Å². The third kappa shape index (κ3) is 10.8. The topological polar surface area (TPSA) is 115 Å². The number of carbonyl (C=O) groups is 2. The number of carboxylic acid groups (broad SMARTS) is 2. The van der Waals surface area contributed by atoms with Gasteiger partial charge in [0.2, 0.25) is 0 Å². The molecule has 9 nitrogen and oxygen atoms in total. The number of rotatable bonds is 8. The van der Waals surface area contributed by atoms with Crippen LogP contribution in [-0.2, 0) is 9.59 Å². The van der Waals surface area contributed by atoms with Gasteiger partial charge in [0.15, 0.2) is 11.5 Å². The third-order valence-corrected chi connectivity index (χ3v) is 9.89. The number of piperidine rings is 2. The van der Waals surface area contributed by atoms with Crippen molar-refractivity contribution < 1.29 is 55.6 Å². The molecule has 0 atom stereocenters. The Bertz CT molecular complexity index is 1630. The monoisotopic (exact) mass is 743 g/mol. The first-order valence-electron chi connectivity index (χ1n) is 17.4. The van der Waals surface area contributed by atoms with E-state index in [1.165, 1.54) is 99.0 Å². The average Bonchev–Trinajstić information content (AvgIpc) is 3.83. The molecule has 3 N–H and O–H groups in total. The second-order valence-electron chi connectivity index (χ2n) is 13.8. The molecule has 1 aliphatic carbocycles. The van der Waals surface area contributed by atoms with Crippen molar-refractivity contribution in [1.29, 1.82) is 0 Å². The van der Waals surface area contributed by atoms with Crippen molar-refractivity contribution in [3.63, 3.8) is 0 Å². The van der Waals surface area contributed by atoms with Crippen LogP contribution in [0.1, 0.15) is 75.3 Å². The molecule has 0 bridgehead atoms. The van der Waals surface area contributed by atoms with Gasteiger partial charge in [0.1, 0.15) is 0 Å². The molecular weight excluding hydrogens is 696 g/mol. The molecular formula is C37H47F6N3O6. The molecule has 0 spiro atoms. The van der Waals surface area contributed by atoms with E-state index in [1.807, 2.05) is 6.07 Å². The zero-order valence-corrected chi connectivity index (χ0v) is 29.7. The number of carboxylic acids is 2. The summed E-state index contributed by atoms with van der Waals surface area (Å²) < 4.78 is 74.5. The van der Waals surface area contributed by atoms with E-state index in [0.717, 1.165) is 29.0 Å². The number of nitrogens with zero attached hydrogens (tertiary/aromatic N) is 2. The number of H-pyrrole nitrogens is 1. The molecule has 3 aliphatic rings. The minimum Gasteiger partial charge on any atom is -0.493 e. The van der Waals surface area contributed by atoms with Crippen LogP contribution < -0.4 is 9.47 Å². The van der Waals surface area contributed by atoms with Gasteiger partial charge in [-0.25, -0.2) is 9.59 Å². The van der Waals surface area contributed by atoms with Gasteiger partial charge >= 0.3 is 24.3 Å². The summed E-state index contributed by atoms with van der Waals surface area (Å²) in [7, 11) is 3.39. The summed E-state index contributed by atoms with van der Waals surface area (Å²) in [5, 5.41) is 15.6. The van der Waals surface area contributed by atoms with Crippen LogP contribution in [0.15, 0.2) is 36.4 Å². The minimum atomic E-state index is -5.08. The summed E-state index contributed by atoms with van der Waals surface area (Å²) in [6.45, 7) is 11.1. The van der Waals surface area contributed by atoms with Gasteiger partial charge in [0, 0.05) is 29.1 Å². The fraction of sp³-hybridized carbons (Fsp3) is 0.568. The minimum absolute atomic E-state index is 0.412. The number of hydrogen-bond donors (Lipinski definition) is 3. The van der Waals surface area contributed by atoms with Crippen LogP contribution in [0, 0.1) is 5.92 Å². The van der Waals surface area contributed by atoms with Crippen molar-refractivity contribution in [2.24, 2.45) is 5.92 Å². The Morgan fingerprint density at radius 1 is 0.808 bits per heavy atom. The molecule has 3 fully saturated rings. The van der Waals surface area contributed by atoms with Crippen molar-refractivity contribution in [2.45, 2.75) is 82.6 Å². The van der Waals surface area contributed by atoms with Crippen molar-refractivity contribution in [1.82, 2.24) is 14.8 Å². The fourth-order valence-electron chi connectivity index (χ4n) is 7.03. The van der Waals surface area contributed by atoms with Gasteiger partial charge in [-0.1, -0.05) is 19.9 Å². The fourth-order valence-corrected chi connectivity index (χ4v) is 7.03. The van der Waals surface area contributed by atoms with Crippen LogP contribution in [0.2, 0.25) is 0 Å². The number of benzene rings is 2. The van der Waals surface area contributed by atoms with Gasteiger partial charge in [-0.15, -0.1) is 0 Å². The van der Waals surface area contributed by atoms with Gasteiger partial charge in [-0.05, 0) is 124 Å². The number of fused-ring (bicyclic) bond motifs is 1. The first-order chi connectivity index (χ1) is 24.4. The summed E-state index contributed by atoms with van der Waals surface area (Å²) in [5.74, 6) is -1.90. The number of aromatic amines is 1. The highest BCUT2D eigenvalue weighted by Gasteiger charge is 2.39. The quantitative estimate of drug-likeness (QED) is 0.198. The number of methoxy groups -OCH3 is 2. The van der Waals surface area contributed by atoms with E-state index in [1.54, 1.807) is 14.2 Å². The number of nitrogens with one attached hydrogen (secondary N) is 1. The standard InChI is InChI=1S/C33H45N3O2.2C2HF3O2/c1-22(2)32-28-19-25(7-9-29(28)34-33(32)26-8-10-30(37-3)31(20-26)38-4)24-11-17-36(18-12-24)27-13-15-35(16-14-27)21-23-5-6-23;2*3-2(4,5)1(6)7/h7-10,19-20,22-24,27,34H,5-6,11-18,21H2,1-4H3;2*(H,6,7). The predicted octanol–water partition coefficient (Wildman–Crippen LogP) is 8.30. The Hall–Kier alpha value is -3.98.